The number of nitrogens with two attached hydrogens (primary N) is 1. The number of amides is 2. The monoisotopic (exact) mass is 351 g/mol. The smallest absolute Gasteiger partial charge is 0.253 e. The molecule has 6 heteroatoms. The minimum absolute atomic E-state index is 0. The number of carbonyl (C=O) groups is 2. The molecular weight excluding hydrogens is 326 g/mol. The SMILES string of the molecule is Cc1ccc(C(=O)N2CCCC(C(=O)N3CC[C@@H](N)C3)C2)cc1.Cl. The molecule has 2 fully saturated rings. The first-order valence-corrected chi connectivity index (χ1v) is 8.45. The Morgan fingerprint density at radius 1 is 1.04 bits per heavy atom. The lowest BCUT2D eigenvalue weighted by molar-refractivity contribution is -0.135. The van der Waals surface area contributed by atoms with Crippen LogP contribution in [0.2, 0.25) is 0 Å². The second-order valence-electron chi connectivity index (χ2n) is 6.79. The molecule has 0 saturated carbocycles. The predicted molar refractivity (Wildman–Crippen MR) is 96.2 cm³/mol. The molecule has 132 valence electrons. The quantitative estimate of drug-likeness (QED) is 0.884. The van der Waals surface area contributed by atoms with Crippen molar-refractivity contribution >= 4 is 24.2 Å². The largest absolute Gasteiger partial charge is 0.341 e. The van der Waals surface area contributed by atoms with Gasteiger partial charge in [0.15, 0.2) is 0 Å². The summed E-state index contributed by atoms with van der Waals surface area (Å²) in [6.07, 6.45) is 2.63. The molecule has 2 aliphatic rings. The molecule has 2 saturated heterocycles. The lowest BCUT2D eigenvalue weighted by atomic mass is 9.96. The molecule has 2 amide bonds. The van der Waals surface area contributed by atoms with Crippen molar-refractivity contribution in [3.63, 3.8) is 0 Å². The molecule has 0 aromatic heterocycles. The predicted octanol–water partition coefficient (Wildman–Crippen LogP) is 1.83. The van der Waals surface area contributed by atoms with Gasteiger partial charge in [-0.15, -0.1) is 12.4 Å². The van der Waals surface area contributed by atoms with E-state index in [9.17, 15) is 9.59 Å². The Kier molecular flexibility index (Phi) is 6.24. The van der Waals surface area contributed by atoms with Crippen LogP contribution in [0.15, 0.2) is 24.3 Å². The summed E-state index contributed by atoms with van der Waals surface area (Å²) < 4.78 is 0. The van der Waals surface area contributed by atoms with Gasteiger partial charge in [0.25, 0.3) is 5.91 Å². The van der Waals surface area contributed by atoms with Gasteiger partial charge in [-0.1, -0.05) is 17.7 Å². The molecule has 0 radical (unpaired) electrons. The van der Waals surface area contributed by atoms with E-state index >= 15 is 0 Å². The van der Waals surface area contributed by atoms with Gasteiger partial charge >= 0.3 is 0 Å². The average Bonchev–Trinajstić information content (AvgIpc) is 3.01. The zero-order chi connectivity index (χ0) is 16.4. The van der Waals surface area contributed by atoms with E-state index in [1.54, 1.807) is 0 Å². The van der Waals surface area contributed by atoms with Crippen LogP contribution in [0.4, 0.5) is 0 Å². The van der Waals surface area contributed by atoms with Gasteiger partial charge in [0, 0.05) is 37.8 Å². The van der Waals surface area contributed by atoms with Crippen molar-refractivity contribution in [2.24, 2.45) is 11.7 Å². The summed E-state index contributed by atoms with van der Waals surface area (Å²) in [6, 6.07) is 7.73. The van der Waals surface area contributed by atoms with Crippen LogP contribution < -0.4 is 5.73 Å². The molecule has 0 aliphatic carbocycles. The summed E-state index contributed by atoms with van der Waals surface area (Å²) in [4.78, 5) is 29.0. The first-order chi connectivity index (χ1) is 11.0. The van der Waals surface area contributed by atoms with Crippen LogP contribution >= 0.6 is 12.4 Å². The fraction of sp³-hybridized carbons (Fsp3) is 0.556. The Bertz CT molecular complexity index is 590. The molecule has 0 spiro atoms. The average molecular weight is 352 g/mol. The van der Waals surface area contributed by atoms with E-state index in [-0.39, 0.29) is 36.2 Å². The highest BCUT2D eigenvalue weighted by atomic mass is 35.5. The van der Waals surface area contributed by atoms with Crippen molar-refractivity contribution < 1.29 is 9.59 Å². The first kappa shape index (κ1) is 18.7. The van der Waals surface area contributed by atoms with Gasteiger partial charge in [-0.05, 0) is 38.3 Å². The minimum atomic E-state index is -0.0801. The van der Waals surface area contributed by atoms with Gasteiger partial charge in [-0.3, -0.25) is 9.59 Å². The zero-order valence-corrected chi connectivity index (χ0v) is 14.9. The molecule has 1 aromatic rings. The number of piperidine rings is 1. The van der Waals surface area contributed by atoms with E-state index in [0.717, 1.165) is 37.9 Å². The Hall–Kier alpha value is -1.59. The number of aryl methyl sites for hydroxylation is 1. The van der Waals surface area contributed by atoms with Crippen LogP contribution in [0.5, 0.6) is 0 Å². The van der Waals surface area contributed by atoms with Crippen LogP contribution in [-0.4, -0.2) is 53.8 Å². The van der Waals surface area contributed by atoms with Crippen molar-refractivity contribution in [1.29, 1.82) is 0 Å². The number of hydrogen-bond donors (Lipinski definition) is 1. The summed E-state index contributed by atoms with van der Waals surface area (Å²) in [5, 5.41) is 0. The standard InChI is InChI=1S/C18H25N3O2.ClH/c1-13-4-6-14(7-5-13)17(22)20-9-2-3-15(11-20)18(23)21-10-8-16(19)12-21;/h4-7,15-16H,2-3,8-12,19H2,1H3;1H/t15?,16-;/m1./s1. The maximum Gasteiger partial charge on any atom is 0.253 e. The van der Waals surface area contributed by atoms with E-state index < -0.39 is 0 Å². The van der Waals surface area contributed by atoms with Gasteiger partial charge < -0.3 is 15.5 Å². The van der Waals surface area contributed by atoms with Crippen molar-refractivity contribution in [3.8, 4) is 0 Å². The topological polar surface area (TPSA) is 66.6 Å². The molecule has 3 rings (SSSR count). The molecule has 2 atom stereocenters. The Labute approximate surface area is 149 Å². The molecule has 1 unspecified atom stereocenters. The molecule has 0 bridgehead atoms. The van der Waals surface area contributed by atoms with Crippen molar-refractivity contribution in [2.45, 2.75) is 32.2 Å². The lowest BCUT2D eigenvalue weighted by Crippen LogP contribution is -2.46. The molecule has 2 N–H and O–H groups in total. The summed E-state index contributed by atoms with van der Waals surface area (Å²) in [7, 11) is 0. The van der Waals surface area contributed by atoms with Crippen LogP contribution in [0, 0.1) is 12.8 Å². The number of carbonyl (C=O) groups excluding carboxylic acids is 2. The van der Waals surface area contributed by atoms with Crippen LogP contribution in [0.25, 0.3) is 0 Å². The number of likely N-dealkylation sites (tertiary alicyclic amines) is 2. The molecule has 2 heterocycles. The highest BCUT2D eigenvalue weighted by Gasteiger charge is 2.33. The maximum absolute atomic E-state index is 12.6. The third-order valence-corrected chi connectivity index (χ3v) is 4.89. The molecule has 5 nitrogen and oxygen atoms in total. The van der Waals surface area contributed by atoms with Gasteiger partial charge in [0.2, 0.25) is 5.91 Å². The number of hydrogen-bond acceptors (Lipinski definition) is 3. The van der Waals surface area contributed by atoms with Crippen LogP contribution in [-0.2, 0) is 4.79 Å². The molecule has 1 aromatic carbocycles. The highest BCUT2D eigenvalue weighted by Crippen LogP contribution is 2.22. The van der Waals surface area contributed by atoms with Crippen LogP contribution in [0.1, 0.15) is 35.2 Å². The number of halogens is 1. The normalized spacial score (nSPS) is 23.8. The zero-order valence-electron chi connectivity index (χ0n) is 14.1. The first-order valence-electron chi connectivity index (χ1n) is 8.45. The van der Waals surface area contributed by atoms with Crippen LogP contribution in [0.3, 0.4) is 0 Å². The Morgan fingerprint density at radius 2 is 1.75 bits per heavy atom. The maximum atomic E-state index is 12.6. The Balaban J connectivity index is 0.00000208. The fourth-order valence-electron chi connectivity index (χ4n) is 3.49. The number of nitrogens with zero attached hydrogens (tertiary/aromatic N) is 2. The van der Waals surface area contributed by atoms with Crippen molar-refractivity contribution in [1.82, 2.24) is 9.80 Å². The van der Waals surface area contributed by atoms with E-state index in [0.29, 0.717) is 18.7 Å². The summed E-state index contributed by atoms with van der Waals surface area (Å²) in [5.74, 6) is 0.114. The summed E-state index contributed by atoms with van der Waals surface area (Å²) >= 11 is 0. The highest BCUT2D eigenvalue weighted by molar-refractivity contribution is 5.94. The van der Waals surface area contributed by atoms with Gasteiger partial charge in [-0.25, -0.2) is 0 Å². The van der Waals surface area contributed by atoms with Gasteiger partial charge in [-0.2, -0.15) is 0 Å². The third kappa shape index (κ3) is 4.08. The van der Waals surface area contributed by atoms with Gasteiger partial charge in [0.05, 0.1) is 5.92 Å². The fourth-order valence-corrected chi connectivity index (χ4v) is 3.49. The number of rotatable bonds is 2. The second-order valence-corrected chi connectivity index (χ2v) is 6.79. The molecule has 24 heavy (non-hydrogen) atoms. The lowest BCUT2D eigenvalue weighted by Gasteiger charge is -2.34. The minimum Gasteiger partial charge on any atom is -0.341 e. The van der Waals surface area contributed by atoms with E-state index in [2.05, 4.69) is 0 Å². The number of benzene rings is 1. The summed E-state index contributed by atoms with van der Waals surface area (Å²) in [5.41, 5.74) is 7.74. The summed E-state index contributed by atoms with van der Waals surface area (Å²) in [6.45, 7) is 4.67. The van der Waals surface area contributed by atoms with E-state index in [4.69, 9.17) is 5.73 Å². The van der Waals surface area contributed by atoms with Crippen molar-refractivity contribution in [3.05, 3.63) is 35.4 Å². The van der Waals surface area contributed by atoms with E-state index in [1.807, 2.05) is 41.0 Å². The second kappa shape index (κ2) is 7.99. The Morgan fingerprint density at radius 3 is 2.38 bits per heavy atom. The molecule has 2 aliphatic heterocycles. The third-order valence-electron chi connectivity index (χ3n) is 4.89. The van der Waals surface area contributed by atoms with Crippen molar-refractivity contribution in [2.75, 3.05) is 26.2 Å². The molecular formula is C18H26ClN3O2. The van der Waals surface area contributed by atoms with E-state index in [1.165, 1.54) is 0 Å². The van der Waals surface area contributed by atoms with Gasteiger partial charge in [0.1, 0.15) is 0 Å².